The van der Waals surface area contributed by atoms with Gasteiger partial charge in [0.1, 0.15) is 0 Å². The standard InChI is InChI=1S/C11H19N/c1-10(2)12-9-8-11-6-4-3-5-7-11/h3-6,10-12H,7-9H2,1-2H3. The van der Waals surface area contributed by atoms with Gasteiger partial charge in [-0.3, -0.25) is 0 Å². The molecule has 1 N–H and O–H groups in total. The number of rotatable bonds is 4. The van der Waals surface area contributed by atoms with Crippen LogP contribution in [0.3, 0.4) is 0 Å². The summed E-state index contributed by atoms with van der Waals surface area (Å²) in [5.74, 6) is 0.765. The number of hydrogen-bond donors (Lipinski definition) is 1. The van der Waals surface area contributed by atoms with E-state index in [0.29, 0.717) is 6.04 Å². The Morgan fingerprint density at radius 2 is 2.25 bits per heavy atom. The zero-order valence-corrected chi connectivity index (χ0v) is 8.09. The van der Waals surface area contributed by atoms with Crippen LogP contribution in [0.4, 0.5) is 0 Å². The predicted octanol–water partition coefficient (Wildman–Crippen LogP) is 2.51. The molecular formula is C11H19N. The van der Waals surface area contributed by atoms with E-state index in [0.717, 1.165) is 12.5 Å². The van der Waals surface area contributed by atoms with Gasteiger partial charge in [0.15, 0.2) is 0 Å². The number of hydrogen-bond acceptors (Lipinski definition) is 1. The van der Waals surface area contributed by atoms with Gasteiger partial charge in [-0.25, -0.2) is 0 Å². The average Bonchev–Trinajstić information content (AvgIpc) is 2.05. The van der Waals surface area contributed by atoms with Crippen molar-refractivity contribution in [3.05, 3.63) is 24.3 Å². The van der Waals surface area contributed by atoms with E-state index in [4.69, 9.17) is 0 Å². The van der Waals surface area contributed by atoms with Gasteiger partial charge in [0.2, 0.25) is 0 Å². The van der Waals surface area contributed by atoms with Crippen LogP contribution in [0, 0.1) is 5.92 Å². The molecule has 0 heterocycles. The summed E-state index contributed by atoms with van der Waals surface area (Å²) in [6, 6.07) is 0.619. The Kier molecular flexibility index (Phi) is 4.09. The highest BCUT2D eigenvalue weighted by molar-refractivity contribution is 5.10. The lowest BCUT2D eigenvalue weighted by atomic mass is 9.97. The normalized spacial score (nSPS) is 22.1. The van der Waals surface area contributed by atoms with Crippen molar-refractivity contribution in [3.63, 3.8) is 0 Å². The molecular weight excluding hydrogens is 146 g/mol. The van der Waals surface area contributed by atoms with Crippen LogP contribution in [0.25, 0.3) is 0 Å². The Bertz CT molecular complexity index is 168. The molecule has 0 aliphatic heterocycles. The lowest BCUT2D eigenvalue weighted by Crippen LogP contribution is -2.25. The van der Waals surface area contributed by atoms with Crippen molar-refractivity contribution in [2.75, 3.05) is 6.54 Å². The van der Waals surface area contributed by atoms with Gasteiger partial charge in [-0.2, -0.15) is 0 Å². The summed E-state index contributed by atoms with van der Waals surface area (Å²) in [5.41, 5.74) is 0. The van der Waals surface area contributed by atoms with Gasteiger partial charge < -0.3 is 5.32 Å². The topological polar surface area (TPSA) is 12.0 Å². The molecule has 0 bridgehead atoms. The van der Waals surface area contributed by atoms with Crippen LogP contribution in [0.15, 0.2) is 24.3 Å². The maximum atomic E-state index is 3.43. The summed E-state index contributed by atoms with van der Waals surface area (Å²) in [4.78, 5) is 0. The van der Waals surface area contributed by atoms with Crippen LogP contribution in [0.5, 0.6) is 0 Å². The lowest BCUT2D eigenvalue weighted by Gasteiger charge is -2.14. The van der Waals surface area contributed by atoms with Crippen molar-refractivity contribution in [3.8, 4) is 0 Å². The predicted molar refractivity (Wildman–Crippen MR) is 54.1 cm³/mol. The molecule has 1 rings (SSSR count). The van der Waals surface area contributed by atoms with Gasteiger partial charge in [-0.15, -0.1) is 0 Å². The molecule has 0 saturated heterocycles. The number of nitrogens with one attached hydrogen (secondary N) is 1. The van der Waals surface area contributed by atoms with E-state index in [1.807, 2.05) is 0 Å². The minimum Gasteiger partial charge on any atom is -0.315 e. The van der Waals surface area contributed by atoms with Crippen molar-refractivity contribution >= 4 is 0 Å². The molecule has 1 nitrogen and oxygen atoms in total. The van der Waals surface area contributed by atoms with Crippen LogP contribution < -0.4 is 5.32 Å². The largest absolute Gasteiger partial charge is 0.315 e. The highest BCUT2D eigenvalue weighted by Gasteiger charge is 2.04. The molecule has 1 atom stereocenters. The summed E-state index contributed by atoms with van der Waals surface area (Å²) >= 11 is 0. The molecule has 12 heavy (non-hydrogen) atoms. The average molecular weight is 165 g/mol. The summed E-state index contributed by atoms with van der Waals surface area (Å²) in [6.07, 6.45) is 11.3. The second kappa shape index (κ2) is 5.15. The summed E-state index contributed by atoms with van der Waals surface area (Å²) in [5, 5.41) is 3.43. The molecule has 0 aromatic rings. The maximum absolute atomic E-state index is 3.43. The quantitative estimate of drug-likeness (QED) is 0.675. The highest BCUT2D eigenvalue weighted by atomic mass is 14.9. The molecule has 0 amide bonds. The SMILES string of the molecule is CC(C)NCCC1C=CC=CC1. The Morgan fingerprint density at radius 1 is 1.42 bits per heavy atom. The van der Waals surface area contributed by atoms with E-state index < -0.39 is 0 Å². The van der Waals surface area contributed by atoms with Gasteiger partial charge >= 0.3 is 0 Å². The van der Waals surface area contributed by atoms with Gasteiger partial charge in [-0.1, -0.05) is 38.2 Å². The molecule has 0 saturated carbocycles. The number of allylic oxidation sites excluding steroid dienone is 4. The van der Waals surface area contributed by atoms with Crippen molar-refractivity contribution in [1.29, 1.82) is 0 Å². The zero-order chi connectivity index (χ0) is 8.81. The van der Waals surface area contributed by atoms with Crippen LogP contribution in [0.2, 0.25) is 0 Å². The zero-order valence-electron chi connectivity index (χ0n) is 8.09. The second-order valence-corrected chi connectivity index (χ2v) is 3.71. The lowest BCUT2D eigenvalue weighted by molar-refractivity contribution is 0.509. The molecule has 68 valence electrons. The fourth-order valence-corrected chi connectivity index (χ4v) is 1.40. The molecule has 1 heteroatoms. The van der Waals surface area contributed by atoms with E-state index in [2.05, 4.69) is 43.5 Å². The second-order valence-electron chi connectivity index (χ2n) is 3.71. The molecule has 0 radical (unpaired) electrons. The summed E-state index contributed by atoms with van der Waals surface area (Å²) in [6.45, 7) is 5.52. The Balaban J connectivity index is 2.07. The van der Waals surface area contributed by atoms with Gasteiger partial charge in [0, 0.05) is 6.04 Å². The fourth-order valence-electron chi connectivity index (χ4n) is 1.40. The van der Waals surface area contributed by atoms with Crippen LogP contribution >= 0.6 is 0 Å². The van der Waals surface area contributed by atoms with E-state index in [-0.39, 0.29) is 0 Å². The molecule has 1 aliphatic carbocycles. The van der Waals surface area contributed by atoms with Crippen LogP contribution in [-0.2, 0) is 0 Å². The molecule has 0 aromatic carbocycles. The smallest absolute Gasteiger partial charge is 0.00103 e. The van der Waals surface area contributed by atoms with Crippen LogP contribution in [-0.4, -0.2) is 12.6 Å². The van der Waals surface area contributed by atoms with Crippen molar-refractivity contribution in [2.45, 2.75) is 32.7 Å². The van der Waals surface area contributed by atoms with E-state index in [1.165, 1.54) is 12.8 Å². The Morgan fingerprint density at radius 3 is 2.83 bits per heavy atom. The Hall–Kier alpha value is -0.560. The third-order valence-electron chi connectivity index (χ3n) is 2.14. The minimum absolute atomic E-state index is 0.619. The third-order valence-corrected chi connectivity index (χ3v) is 2.14. The highest BCUT2D eigenvalue weighted by Crippen LogP contribution is 2.14. The molecule has 0 fully saturated rings. The van der Waals surface area contributed by atoms with Crippen molar-refractivity contribution < 1.29 is 0 Å². The first-order valence-corrected chi connectivity index (χ1v) is 4.86. The van der Waals surface area contributed by atoms with Crippen molar-refractivity contribution in [1.82, 2.24) is 5.32 Å². The fraction of sp³-hybridized carbons (Fsp3) is 0.636. The van der Waals surface area contributed by atoms with Crippen LogP contribution in [0.1, 0.15) is 26.7 Å². The van der Waals surface area contributed by atoms with Gasteiger partial charge in [-0.05, 0) is 25.3 Å². The minimum atomic E-state index is 0.619. The third kappa shape index (κ3) is 3.72. The first kappa shape index (κ1) is 9.53. The molecule has 1 unspecified atom stereocenters. The first-order chi connectivity index (χ1) is 5.79. The molecule has 0 spiro atoms. The summed E-state index contributed by atoms with van der Waals surface area (Å²) in [7, 11) is 0. The van der Waals surface area contributed by atoms with Gasteiger partial charge in [0.25, 0.3) is 0 Å². The van der Waals surface area contributed by atoms with E-state index in [1.54, 1.807) is 0 Å². The van der Waals surface area contributed by atoms with E-state index >= 15 is 0 Å². The van der Waals surface area contributed by atoms with E-state index in [9.17, 15) is 0 Å². The summed E-state index contributed by atoms with van der Waals surface area (Å²) < 4.78 is 0. The Labute approximate surface area is 75.6 Å². The molecule has 1 aliphatic rings. The monoisotopic (exact) mass is 165 g/mol. The molecule has 0 aromatic heterocycles. The maximum Gasteiger partial charge on any atom is 0.00103 e. The van der Waals surface area contributed by atoms with Crippen molar-refractivity contribution in [2.24, 2.45) is 5.92 Å². The van der Waals surface area contributed by atoms with Gasteiger partial charge in [0.05, 0.1) is 0 Å². The first-order valence-electron chi connectivity index (χ1n) is 4.86.